The summed E-state index contributed by atoms with van der Waals surface area (Å²) >= 11 is 0. The summed E-state index contributed by atoms with van der Waals surface area (Å²) in [6.07, 6.45) is -4.48. The topological polar surface area (TPSA) is 41.6 Å². The van der Waals surface area contributed by atoms with Crippen LogP contribution in [0.15, 0.2) is 42.5 Å². The van der Waals surface area contributed by atoms with Crippen LogP contribution in [0.1, 0.15) is 11.1 Å². The summed E-state index contributed by atoms with van der Waals surface area (Å²) in [6.45, 7) is 1.59. The van der Waals surface area contributed by atoms with Crippen LogP contribution in [0.5, 0.6) is 5.75 Å². The van der Waals surface area contributed by atoms with E-state index < -0.39 is 17.6 Å². The number of nitrogens with one attached hydrogen (secondary N) is 1. The molecule has 0 aliphatic carbocycles. The molecule has 0 spiro atoms. The van der Waals surface area contributed by atoms with Crippen molar-refractivity contribution in [2.75, 3.05) is 30.9 Å². The number of nitrogens with zero attached hydrogens (tertiary/aromatic N) is 1. The molecule has 0 fully saturated rings. The maximum absolute atomic E-state index is 12.9. The third-order valence-electron chi connectivity index (χ3n) is 3.44. The molecule has 0 saturated heterocycles. The van der Waals surface area contributed by atoms with E-state index in [4.69, 9.17) is 4.74 Å². The average molecular weight is 352 g/mol. The van der Waals surface area contributed by atoms with Gasteiger partial charge in [-0.2, -0.15) is 13.2 Å². The smallest absolute Gasteiger partial charge is 0.416 e. The van der Waals surface area contributed by atoms with Crippen molar-refractivity contribution in [3.8, 4) is 5.75 Å². The molecule has 0 aliphatic heterocycles. The molecule has 25 heavy (non-hydrogen) atoms. The Morgan fingerprint density at radius 1 is 1.16 bits per heavy atom. The quantitative estimate of drug-likeness (QED) is 0.881. The Hall–Kier alpha value is -2.70. The lowest BCUT2D eigenvalue weighted by molar-refractivity contribution is -0.137. The number of halogens is 3. The van der Waals surface area contributed by atoms with Crippen LogP contribution in [0.3, 0.4) is 0 Å². The Balaban J connectivity index is 2.13. The lowest BCUT2D eigenvalue weighted by Crippen LogP contribution is -2.22. The van der Waals surface area contributed by atoms with E-state index in [-0.39, 0.29) is 12.3 Å². The van der Waals surface area contributed by atoms with Gasteiger partial charge in [0, 0.05) is 14.1 Å². The first-order valence-corrected chi connectivity index (χ1v) is 7.54. The number of amides is 1. The van der Waals surface area contributed by atoms with Crippen LogP contribution in [0, 0.1) is 6.92 Å². The number of carbonyl (C=O) groups excluding carboxylic acids is 1. The van der Waals surface area contributed by atoms with Gasteiger partial charge in [0.05, 0.1) is 16.9 Å². The summed E-state index contributed by atoms with van der Waals surface area (Å²) in [5.41, 5.74) is 0.702. The van der Waals surface area contributed by atoms with Gasteiger partial charge in [-0.05, 0) is 42.8 Å². The van der Waals surface area contributed by atoms with Gasteiger partial charge >= 0.3 is 6.18 Å². The minimum atomic E-state index is -4.48. The van der Waals surface area contributed by atoms with E-state index in [9.17, 15) is 18.0 Å². The average Bonchev–Trinajstić information content (AvgIpc) is 2.52. The Morgan fingerprint density at radius 3 is 2.48 bits per heavy atom. The molecule has 0 aliphatic rings. The summed E-state index contributed by atoms with van der Waals surface area (Å²) in [4.78, 5) is 13.7. The molecule has 1 amide bonds. The zero-order valence-corrected chi connectivity index (χ0v) is 14.1. The van der Waals surface area contributed by atoms with Gasteiger partial charge in [-0.15, -0.1) is 0 Å². The van der Waals surface area contributed by atoms with E-state index in [1.54, 1.807) is 37.2 Å². The molecule has 1 N–H and O–H groups in total. The zero-order chi connectivity index (χ0) is 18.6. The number of rotatable bonds is 5. The highest BCUT2D eigenvalue weighted by molar-refractivity contribution is 5.95. The van der Waals surface area contributed by atoms with E-state index in [0.29, 0.717) is 11.4 Å². The molecule has 2 aromatic carbocycles. The van der Waals surface area contributed by atoms with E-state index in [1.807, 2.05) is 13.0 Å². The van der Waals surface area contributed by atoms with Gasteiger partial charge in [0.1, 0.15) is 5.75 Å². The Labute approximate surface area is 144 Å². The Kier molecular flexibility index (Phi) is 5.56. The fraction of sp³-hybridized carbons (Fsp3) is 0.278. The molecule has 0 bridgehead atoms. The van der Waals surface area contributed by atoms with Crippen LogP contribution in [0.2, 0.25) is 0 Å². The standard InChI is InChI=1S/C18H19F3N2O2/c1-12-5-4-6-14(9-12)25-11-17(24)22-15-10-13(18(19,20)21)7-8-16(15)23(2)3/h4-10H,11H2,1-3H3,(H,22,24). The Morgan fingerprint density at radius 2 is 1.88 bits per heavy atom. The largest absolute Gasteiger partial charge is 0.484 e. The van der Waals surface area contributed by atoms with Crippen molar-refractivity contribution in [2.45, 2.75) is 13.1 Å². The van der Waals surface area contributed by atoms with Crippen LogP contribution in [0.25, 0.3) is 0 Å². The highest BCUT2D eigenvalue weighted by atomic mass is 19.4. The SMILES string of the molecule is Cc1cccc(OCC(=O)Nc2cc(C(F)(F)F)ccc2N(C)C)c1. The molecule has 0 saturated carbocycles. The minimum Gasteiger partial charge on any atom is -0.484 e. The highest BCUT2D eigenvalue weighted by Crippen LogP contribution is 2.34. The number of hydrogen-bond acceptors (Lipinski definition) is 3. The predicted octanol–water partition coefficient (Wildman–Crippen LogP) is 4.10. The number of anilines is 2. The maximum Gasteiger partial charge on any atom is 0.416 e. The second kappa shape index (κ2) is 7.46. The van der Waals surface area contributed by atoms with E-state index in [0.717, 1.165) is 17.7 Å². The minimum absolute atomic E-state index is 0.0812. The van der Waals surface area contributed by atoms with Crippen LogP contribution in [-0.2, 0) is 11.0 Å². The lowest BCUT2D eigenvalue weighted by Gasteiger charge is -2.20. The summed E-state index contributed by atoms with van der Waals surface area (Å²) in [7, 11) is 3.36. The molecule has 4 nitrogen and oxygen atoms in total. The molecule has 2 aromatic rings. The fourth-order valence-electron chi connectivity index (χ4n) is 2.24. The number of hydrogen-bond donors (Lipinski definition) is 1. The summed E-state index contributed by atoms with van der Waals surface area (Å²) in [5.74, 6) is -0.0176. The third-order valence-corrected chi connectivity index (χ3v) is 3.44. The normalized spacial score (nSPS) is 11.1. The molecular weight excluding hydrogens is 333 g/mol. The molecule has 7 heteroatoms. The highest BCUT2D eigenvalue weighted by Gasteiger charge is 2.31. The van der Waals surface area contributed by atoms with Crippen molar-refractivity contribution in [1.29, 1.82) is 0 Å². The molecule has 0 unspecified atom stereocenters. The second-order valence-electron chi connectivity index (χ2n) is 5.78. The third kappa shape index (κ3) is 5.14. The van der Waals surface area contributed by atoms with Crippen LogP contribution < -0.4 is 15.0 Å². The van der Waals surface area contributed by atoms with Gasteiger partial charge in [0.15, 0.2) is 6.61 Å². The number of ether oxygens (including phenoxy) is 1. The first kappa shape index (κ1) is 18.6. The van der Waals surface area contributed by atoms with Crippen molar-refractivity contribution in [2.24, 2.45) is 0 Å². The molecule has 2 rings (SSSR count). The monoisotopic (exact) mass is 352 g/mol. The van der Waals surface area contributed by atoms with Gasteiger partial charge in [-0.25, -0.2) is 0 Å². The maximum atomic E-state index is 12.9. The Bertz CT molecular complexity index is 758. The summed E-state index contributed by atoms with van der Waals surface area (Å²) < 4.78 is 44.1. The van der Waals surface area contributed by atoms with Crippen LogP contribution in [0.4, 0.5) is 24.5 Å². The second-order valence-corrected chi connectivity index (χ2v) is 5.78. The molecule has 134 valence electrons. The fourth-order valence-corrected chi connectivity index (χ4v) is 2.24. The first-order valence-electron chi connectivity index (χ1n) is 7.54. The predicted molar refractivity (Wildman–Crippen MR) is 91.1 cm³/mol. The van der Waals surface area contributed by atoms with Gasteiger partial charge in [-0.3, -0.25) is 4.79 Å². The molecule has 0 aromatic heterocycles. The zero-order valence-electron chi connectivity index (χ0n) is 14.1. The van der Waals surface area contributed by atoms with Gasteiger partial charge in [0.2, 0.25) is 0 Å². The molecular formula is C18H19F3N2O2. The van der Waals surface area contributed by atoms with Gasteiger partial charge in [-0.1, -0.05) is 12.1 Å². The van der Waals surface area contributed by atoms with Crippen molar-refractivity contribution in [3.63, 3.8) is 0 Å². The van der Waals surface area contributed by atoms with E-state index >= 15 is 0 Å². The van der Waals surface area contributed by atoms with Crippen LogP contribution >= 0.6 is 0 Å². The van der Waals surface area contributed by atoms with E-state index in [1.165, 1.54) is 6.07 Å². The summed E-state index contributed by atoms with van der Waals surface area (Å²) in [5, 5.41) is 2.48. The molecule has 0 atom stereocenters. The van der Waals surface area contributed by atoms with E-state index in [2.05, 4.69) is 5.32 Å². The van der Waals surface area contributed by atoms with Gasteiger partial charge in [0.25, 0.3) is 5.91 Å². The van der Waals surface area contributed by atoms with Crippen molar-refractivity contribution < 1.29 is 22.7 Å². The lowest BCUT2D eigenvalue weighted by atomic mass is 10.1. The first-order chi connectivity index (χ1) is 11.7. The number of carbonyl (C=O) groups is 1. The molecule has 0 heterocycles. The number of benzene rings is 2. The molecule has 0 radical (unpaired) electrons. The number of alkyl halides is 3. The number of aryl methyl sites for hydroxylation is 1. The van der Waals surface area contributed by atoms with Crippen molar-refractivity contribution in [1.82, 2.24) is 0 Å². The van der Waals surface area contributed by atoms with Crippen molar-refractivity contribution in [3.05, 3.63) is 53.6 Å². The van der Waals surface area contributed by atoms with Gasteiger partial charge < -0.3 is 15.0 Å². The summed E-state index contributed by atoms with van der Waals surface area (Å²) in [6, 6.07) is 10.4. The van der Waals surface area contributed by atoms with Crippen molar-refractivity contribution >= 4 is 17.3 Å². The van der Waals surface area contributed by atoms with Crippen LogP contribution in [-0.4, -0.2) is 26.6 Å².